The van der Waals surface area contributed by atoms with Gasteiger partial charge < -0.3 is 19.6 Å². The molecule has 5 saturated carbocycles. The number of fused-ring (bicyclic) bond motifs is 7. The molecule has 7 heteroatoms. The third-order valence-corrected chi connectivity index (χ3v) is 16.2. The van der Waals surface area contributed by atoms with Gasteiger partial charge in [-0.2, -0.15) is 0 Å². The molecule has 1 aromatic rings. The van der Waals surface area contributed by atoms with Crippen molar-refractivity contribution in [2.45, 2.75) is 165 Å². The van der Waals surface area contributed by atoms with Crippen LogP contribution in [0.15, 0.2) is 41.4 Å². The number of carbonyl (C=O) groups excluding carboxylic acids is 1. The number of hydrogen-bond acceptors (Lipinski definition) is 5. The van der Waals surface area contributed by atoms with Gasteiger partial charge in [0.1, 0.15) is 12.4 Å². The Kier molecular flexibility index (Phi) is 11.4. The fourth-order valence-corrected chi connectivity index (χ4v) is 13.9. The van der Waals surface area contributed by atoms with Crippen LogP contribution in [-0.2, 0) is 20.9 Å². The third kappa shape index (κ3) is 6.93. The lowest BCUT2D eigenvalue weighted by molar-refractivity contribution is -0.249. The van der Waals surface area contributed by atoms with E-state index in [9.17, 15) is 14.7 Å². The Morgan fingerprint density at radius 2 is 1.65 bits per heavy atom. The number of aromatic nitrogens is 1. The SMILES string of the molecule is C=C(CC(C)(C)CC(=O)O)O[C@H]1CC[C@@]2(C)C(CC[C@]3(C)C2CC[C@@H]2C4[C@H](C(=C)C)CC[C@]4(CC(=O)NCc4ncco4)CC[C@]23C)C1(C)C.CC. The number of hydrogen-bond donors (Lipinski definition) is 2. The van der Waals surface area contributed by atoms with Crippen LogP contribution in [0.4, 0.5) is 0 Å². The second-order valence-electron chi connectivity index (χ2n) is 19.8. The van der Waals surface area contributed by atoms with Crippen molar-refractivity contribution < 1.29 is 23.8 Å². The highest BCUT2D eigenvalue weighted by atomic mass is 16.5. The molecule has 52 heavy (non-hydrogen) atoms. The number of oxazole rings is 1. The zero-order valence-electron chi connectivity index (χ0n) is 34.5. The van der Waals surface area contributed by atoms with Gasteiger partial charge in [0.15, 0.2) is 0 Å². The summed E-state index contributed by atoms with van der Waals surface area (Å²) >= 11 is 0. The Balaban J connectivity index is 0.00000257. The summed E-state index contributed by atoms with van der Waals surface area (Å²) in [5, 5.41) is 12.6. The number of ether oxygens (including phenoxy) is 1. The maximum atomic E-state index is 13.6. The monoisotopic (exact) mass is 721 g/mol. The molecule has 0 aromatic carbocycles. The number of nitrogens with one attached hydrogen (secondary N) is 1. The van der Waals surface area contributed by atoms with Crippen LogP contribution in [0, 0.1) is 62.1 Å². The molecule has 6 rings (SSSR count). The number of allylic oxidation sites excluding steroid dienone is 2. The normalized spacial score (nSPS) is 39.0. The minimum Gasteiger partial charge on any atom is -0.495 e. The number of amides is 1. The van der Waals surface area contributed by atoms with E-state index in [4.69, 9.17) is 9.15 Å². The van der Waals surface area contributed by atoms with Gasteiger partial charge >= 0.3 is 5.97 Å². The van der Waals surface area contributed by atoms with Gasteiger partial charge in [-0.15, -0.1) is 0 Å². The number of rotatable bonds is 11. The summed E-state index contributed by atoms with van der Waals surface area (Å²) in [7, 11) is 0. The van der Waals surface area contributed by atoms with Gasteiger partial charge in [0, 0.05) is 18.3 Å². The van der Waals surface area contributed by atoms with Crippen molar-refractivity contribution in [2.75, 3.05) is 0 Å². The predicted molar refractivity (Wildman–Crippen MR) is 208 cm³/mol. The molecule has 1 heterocycles. The molecular weight excluding hydrogens is 649 g/mol. The van der Waals surface area contributed by atoms with E-state index in [0.717, 1.165) is 37.9 Å². The average molecular weight is 721 g/mol. The van der Waals surface area contributed by atoms with Gasteiger partial charge in [-0.3, -0.25) is 9.59 Å². The summed E-state index contributed by atoms with van der Waals surface area (Å²) in [5.74, 6) is 3.39. The van der Waals surface area contributed by atoms with E-state index in [1.165, 1.54) is 37.7 Å². The molecule has 0 bridgehead atoms. The van der Waals surface area contributed by atoms with Gasteiger partial charge in [0.25, 0.3) is 0 Å². The van der Waals surface area contributed by atoms with Gasteiger partial charge in [0.2, 0.25) is 11.8 Å². The molecule has 7 nitrogen and oxygen atoms in total. The van der Waals surface area contributed by atoms with Crippen LogP contribution in [0.25, 0.3) is 0 Å². The quantitative estimate of drug-likeness (QED) is 0.174. The summed E-state index contributed by atoms with van der Waals surface area (Å²) in [5.41, 5.74) is 1.60. The van der Waals surface area contributed by atoms with E-state index >= 15 is 0 Å². The van der Waals surface area contributed by atoms with Gasteiger partial charge in [0.05, 0.1) is 24.9 Å². The summed E-state index contributed by atoms with van der Waals surface area (Å²) in [6, 6.07) is 0. The highest BCUT2D eigenvalue weighted by Crippen LogP contribution is 2.78. The van der Waals surface area contributed by atoms with Gasteiger partial charge in [-0.05, 0) is 128 Å². The highest BCUT2D eigenvalue weighted by molar-refractivity contribution is 5.76. The van der Waals surface area contributed by atoms with Crippen LogP contribution in [0.5, 0.6) is 0 Å². The highest BCUT2D eigenvalue weighted by Gasteiger charge is 2.71. The van der Waals surface area contributed by atoms with Gasteiger partial charge in [-0.25, -0.2) is 4.98 Å². The molecule has 1 aromatic heterocycles. The maximum absolute atomic E-state index is 13.6. The van der Waals surface area contributed by atoms with Crippen molar-refractivity contribution in [3.8, 4) is 0 Å². The van der Waals surface area contributed by atoms with E-state index in [-0.39, 0.29) is 45.5 Å². The Hall–Kier alpha value is -2.57. The lowest BCUT2D eigenvalue weighted by Crippen LogP contribution is -2.66. The Bertz CT molecular complexity index is 1480. The molecule has 0 aliphatic heterocycles. The van der Waals surface area contributed by atoms with E-state index in [1.54, 1.807) is 12.5 Å². The number of carbonyl (C=O) groups is 2. The smallest absolute Gasteiger partial charge is 0.303 e. The number of carboxylic acids is 1. The zero-order chi connectivity index (χ0) is 38.5. The van der Waals surface area contributed by atoms with Crippen molar-refractivity contribution in [2.24, 2.45) is 62.1 Å². The molecule has 292 valence electrons. The first-order valence-corrected chi connectivity index (χ1v) is 20.6. The summed E-state index contributed by atoms with van der Waals surface area (Å²) in [6.45, 7) is 32.2. The average Bonchev–Trinajstić information content (AvgIpc) is 3.70. The van der Waals surface area contributed by atoms with E-state index in [1.807, 2.05) is 27.7 Å². The molecular formula is C45H72N2O5. The summed E-state index contributed by atoms with van der Waals surface area (Å²) < 4.78 is 12.1. The van der Waals surface area contributed by atoms with Crippen LogP contribution in [0.2, 0.25) is 0 Å². The molecule has 10 atom stereocenters. The third-order valence-electron chi connectivity index (χ3n) is 16.2. The minimum absolute atomic E-state index is 0.0112. The standard InChI is InChI=1S/C43H66N2O5.C2H6/c1-27(2)29-13-18-43(24-34(46)45-26-35-44-21-22-49-35)20-19-41(9)30(37(29)43)11-12-32-40(8)16-15-33(39(6,7)31(40)14-17-42(32,41)10)50-28(3)23-38(4,5)25-36(47)48;1-2/h21-22,29-33,37H,1,3,11-20,23-26H2,2,4-10H3,(H,45,46)(H,47,48);1-2H3/t29-,30+,31?,32?,33-,37?,40-,41+,42+,43+;/m0./s1. The predicted octanol–water partition coefficient (Wildman–Crippen LogP) is 11.2. The first kappa shape index (κ1) is 40.6. The van der Waals surface area contributed by atoms with Crippen molar-refractivity contribution in [1.29, 1.82) is 0 Å². The lowest BCUT2D eigenvalue weighted by Gasteiger charge is -2.73. The van der Waals surface area contributed by atoms with Crippen LogP contribution >= 0.6 is 0 Å². The first-order valence-electron chi connectivity index (χ1n) is 20.6. The van der Waals surface area contributed by atoms with Crippen molar-refractivity contribution in [3.05, 3.63) is 42.8 Å². The molecule has 0 radical (unpaired) electrons. The number of carboxylic acid groups (broad SMARTS) is 1. The number of aliphatic carboxylic acids is 1. The molecule has 0 saturated heterocycles. The molecule has 3 unspecified atom stereocenters. The largest absolute Gasteiger partial charge is 0.495 e. The fourth-order valence-electron chi connectivity index (χ4n) is 13.9. The molecule has 2 N–H and O–H groups in total. The molecule has 5 fully saturated rings. The Morgan fingerprint density at radius 1 is 0.942 bits per heavy atom. The lowest BCUT2D eigenvalue weighted by atomic mass is 9.32. The second kappa shape index (κ2) is 14.6. The van der Waals surface area contributed by atoms with Gasteiger partial charge in [-0.1, -0.05) is 81.0 Å². The maximum Gasteiger partial charge on any atom is 0.303 e. The summed E-state index contributed by atoms with van der Waals surface area (Å²) in [6.07, 6.45) is 16.2. The van der Waals surface area contributed by atoms with Crippen LogP contribution in [0.3, 0.4) is 0 Å². The molecule has 0 spiro atoms. The van der Waals surface area contributed by atoms with Crippen molar-refractivity contribution in [1.82, 2.24) is 10.3 Å². The van der Waals surface area contributed by atoms with E-state index < -0.39 is 11.4 Å². The second-order valence-corrected chi connectivity index (χ2v) is 19.8. The molecule has 5 aliphatic rings. The van der Waals surface area contributed by atoms with E-state index in [2.05, 4.69) is 65.0 Å². The summed E-state index contributed by atoms with van der Waals surface area (Å²) in [4.78, 5) is 29.2. The zero-order valence-corrected chi connectivity index (χ0v) is 34.5. The molecule has 5 aliphatic carbocycles. The van der Waals surface area contributed by atoms with Crippen LogP contribution in [-0.4, -0.2) is 28.1 Å². The number of nitrogens with zero attached hydrogens (tertiary/aromatic N) is 1. The van der Waals surface area contributed by atoms with E-state index in [0.29, 0.717) is 54.9 Å². The van der Waals surface area contributed by atoms with Crippen LogP contribution in [0.1, 0.15) is 159 Å². The van der Waals surface area contributed by atoms with Crippen molar-refractivity contribution in [3.63, 3.8) is 0 Å². The topological polar surface area (TPSA) is 102 Å². The molecule has 1 amide bonds. The van der Waals surface area contributed by atoms with Crippen LogP contribution < -0.4 is 5.32 Å². The first-order chi connectivity index (χ1) is 24.3. The fraction of sp³-hybridized carbons (Fsp3) is 0.800. The van der Waals surface area contributed by atoms with Crippen molar-refractivity contribution >= 4 is 11.9 Å². The Morgan fingerprint density at radius 3 is 2.29 bits per heavy atom. The minimum atomic E-state index is -0.777. The Labute approximate surface area is 315 Å².